The lowest BCUT2D eigenvalue weighted by Crippen LogP contribution is -2.67. The molecule has 0 bridgehead atoms. The molecule has 2 aliphatic heterocycles. The molecule has 2 amide bonds. The lowest BCUT2D eigenvalue weighted by Gasteiger charge is -2.47. The Morgan fingerprint density at radius 3 is 1.42 bits per heavy atom. The van der Waals surface area contributed by atoms with Crippen molar-refractivity contribution in [3.8, 4) is 0 Å². The van der Waals surface area contributed by atoms with Crippen LogP contribution in [-0.4, -0.2) is 163 Å². The first-order valence-corrected chi connectivity index (χ1v) is 29.8. The van der Waals surface area contributed by atoms with Crippen LogP contribution in [0.25, 0.3) is 0 Å². The molecule has 2 fully saturated rings. The molecule has 2 saturated heterocycles. The van der Waals surface area contributed by atoms with Crippen molar-refractivity contribution in [2.75, 3.05) is 19.8 Å². The second kappa shape index (κ2) is 42.4. The molecule has 74 heavy (non-hydrogen) atoms. The van der Waals surface area contributed by atoms with E-state index in [-0.39, 0.29) is 12.8 Å². The molecule has 15 atom stereocenters. The smallest absolute Gasteiger partial charge is 0.249 e. The van der Waals surface area contributed by atoms with Gasteiger partial charge in [-0.2, -0.15) is 0 Å². The van der Waals surface area contributed by atoms with Crippen molar-refractivity contribution in [2.45, 2.75) is 325 Å². The van der Waals surface area contributed by atoms with Crippen molar-refractivity contribution < 1.29 is 74.5 Å². The van der Waals surface area contributed by atoms with Gasteiger partial charge in [-0.05, 0) is 18.8 Å². The standard InChI is InChI=1S/C57H110N2O15/c1-5-7-8-9-10-11-12-13-14-15-16-17-18-21-25-28-31-34-37-45(64)55(70)59-43(49(65)44(63)36-33-30-27-24-22-19-20-23-26-29-32-35-41(3)6-2)40-71-57-53(69)52(68)54(47(39-61)73-57)74-56-48(58-42(4)62)51(67)50(66)46(38-60)72-56/h41,43-54,56-57,60-61,63-69H,5-40H2,1-4H3,(H,58,62)(H,59,70). The minimum absolute atomic E-state index is 0.202. The fourth-order valence-corrected chi connectivity index (χ4v) is 10.3. The summed E-state index contributed by atoms with van der Waals surface area (Å²) in [6.07, 6.45) is 18.7. The van der Waals surface area contributed by atoms with Crippen molar-refractivity contribution in [3.63, 3.8) is 0 Å². The molecule has 17 heteroatoms. The Morgan fingerprint density at radius 2 is 0.973 bits per heavy atom. The summed E-state index contributed by atoms with van der Waals surface area (Å²) in [5.74, 6) is -0.561. The molecule has 0 saturated carbocycles. The Bertz CT molecular complexity index is 1370. The molecule has 0 spiro atoms. The van der Waals surface area contributed by atoms with Crippen molar-refractivity contribution in [1.82, 2.24) is 10.6 Å². The first-order valence-electron chi connectivity index (χ1n) is 29.8. The second-order valence-corrected chi connectivity index (χ2v) is 22.0. The Labute approximate surface area is 446 Å². The summed E-state index contributed by atoms with van der Waals surface area (Å²) >= 11 is 0. The van der Waals surface area contributed by atoms with Crippen LogP contribution in [0, 0.1) is 5.92 Å². The highest BCUT2D eigenvalue weighted by Crippen LogP contribution is 2.30. The summed E-state index contributed by atoms with van der Waals surface area (Å²) in [5, 5.41) is 102. The van der Waals surface area contributed by atoms with E-state index in [9.17, 15) is 55.5 Å². The normalized spacial score (nSPS) is 26.3. The molecular weight excluding hydrogens is 953 g/mol. The molecule has 0 radical (unpaired) electrons. The first kappa shape index (κ1) is 68.5. The average molecular weight is 1060 g/mol. The van der Waals surface area contributed by atoms with Crippen LogP contribution in [0.5, 0.6) is 0 Å². The Balaban J connectivity index is 1.91. The number of aliphatic hydroxyl groups is 9. The third kappa shape index (κ3) is 28.3. The van der Waals surface area contributed by atoms with Gasteiger partial charge in [-0.25, -0.2) is 0 Å². The van der Waals surface area contributed by atoms with E-state index in [1.807, 2.05) is 0 Å². The van der Waals surface area contributed by atoms with Crippen LogP contribution in [0.3, 0.4) is 0 Å². The number of rotatable bonds is 46. The van der Waals surface area contributed by atoms with Gasteiger partial charge in [0.15, 0.2) is 12.6 Å². The quantitative estimate of drug-likeness (QED) is 0.0277. The topological polar surface area (TPSA) is 277 Å². The van der Waals surface area contributed by atoms with E-state index >= 15 is 0 Å². The largest absolute Gasteiger partial charge is 0.394 e. The van der Waals surface area contributed by atoms with E-state index in [0.717, 1.165) is 57.8 Å². The average Bonchev–Trinajstić information content (AvgIpc) is 3.39. The SMILES string of the molecule is CCCCCCCCCCCCCCCCCCCCC(O)C(=O)NC(COC1OC(CO)C(OC2OC(CO)C(O)C(O)C2NC(C)=O)C(O)C1O)C(O)C(O)CCCCCCCCCCCCCC(C)CC. The first-order chi connectivity index (χ1) is 35.7. The summed E-state index contributed by atoms with van der Waals surface area (Å²) < 4.78 is 23.2. The van der Waals surface area contributed by atoms with Gasteiger partial charge in [0.1, 0.15) is 61.0 Å². The molecule has 438 valence electrons. The third-order valence-corrected chi connectivity index (χ3v) is 15.5. The van der Waals surface area contributed by atoms with E-state index in [0.29, 0.717) is 12.8 Å². The minimum atomic E-state index is -1.86. The van der Waals surface area contributed by atoms with E-state index in [1.54, 1.807) is 0 Å². The highest BCUT2D eigenvalue weighted by molar-refractivity contribution is 5.80. The predicted octanol–water partition coefficient (Wildman–Crippen LogP) is 6.89. The van der Waals surface area contributed by atoms with Gasteiger partial charge in [0.25, 0.3) is 0 Å². The molecule has 0 aliphatic carbocycles. The molecule has 0 aromatic carbocycles. The molecule has 11 N–H and O–H groups in total. The minimum Gasteiger partial charge on any atom is -0.394 e. The van der Waals surface area contributed by atoms with Crippen LogP contribution in [0.4, 0.5) is 0 Å². The number of hydrogen-bond acceptors (Lipinski definition) is 15. The summed E-state index contributed by atoms with van der Waals surface area (Å²) in [4.78, 5) is 25.4. The highest BCUT2D eigenvalue weighted by Gasteiger charge is 2.51. The van der Waals surface area contributed by atoms with Crippen molar-refractivity contribution in [3.05, 3.63) is 0 Å². The van der Waals surface area contributed by atoms with Gasteiger partial charge in [-0.15, -0.1) is 0 Å². The monoisotopic (exact) mass is 1060 g/mol. The maximum atomic E-state index is 13.4. The van der Waals surface area contributed by atoms with Gasteiger partial charge >= 0.3 is 0 Å². The number of ether oxygens (including phenoxy) is 4. The van der Waals surface area contributed by atoms with Gasteiger partial charge in [-0.3, -0.25) is 9.59 Å². The number of hydrogen-bond donors (Lipinski definition) is 11. The summed E-state index contributed by atoms with van der Waals surface area (Å²) in [6.45, 7) is 5.93. The molecular formula is C57H110N2O15. The Morgan fingerprint density at radius 1 is 0.541 bits per heavy atom. The fraction of sp³-hybridized carbons (Fsp3) is 0.965. The Kier molecular flexibility index (Phi) is 39.2. The fourth-order valence-electron chi connectivity index (χ4n) is 10.3. The van der Waals surface area contributed by atoms with Crippen LogP contribution in [0.2, 0.25) is 0 Å². The zero-order valence-corrected chi connectivity index (χ0v) is 46.6. The van der Waals surface area contributed by atoms with Crippen molar-refractivity contribution >= 4 is 11.8 Å². The summed E-state index contributed by atoms with van der Waals surface area (Å²) in [6, 6.07) is -2.67. The Hall–Kier alpha value is -1.58. The zero-order valence-electron chi connectivity index (χ0n) is 46.6. The van der Waals surface area contributed by atoms with Crippen LogP contribution < -0.4 is 10.6 Å². The maximum absolute atomic E-state index is 13.4. The number of carbonyl (C=O) groups excluding carboxylic acids is 2. The lowest BCUT2D eigenvalue weighted by molar-refractivity contribution is -0.347. The van der Waals surface area contributed by atoms with E-state index in [1.165, 1.54) is 141 Å². The number of unbranched alkanes of at least 4 members (excludes halogenated alkanes) is 27. The second-order valence-electron chi connectivity index (χ2n) is 22.0. The van der Waals surface area contributed by atoms with Crippen molar-refractivity contribution in [2.24, 2.45) is 5.92 Å². The van der Waals surface area contributed by atoms with Gasteiger partial charge in [0.2, 0.25) is 11.8 Å². The molecule has 17 nitrogen and oxygen atoms in total. The lowest BCUT2D eigenvalue weighted by atomic mass is 9.95. The third-order valence-electron chi connectivity index (χ3n) is 15.5. The van der Waals surface area contributed by atoms with E-state index < -0.39 is 117 Å². The zero-order chi connectivity index (χ0) is 54.5. The van der Waals surface area contributed by atoms with Crippen LogP contribution >= 0.6 is 0 Å². The molecule has 15 unspecified atom stereocenters. The van der Waals surface area contributed by atoms with Crippen LogP contribution in [0.1, 0.15) is 240 Å². The van der Waals surface area contributed by atoms with Gasteiger partial charge < -0.3 is 75.5 Å². The molecule has 2 heterocycles. The number of aliphatic hydroxyl groups excluding tert-OH is 9. The molecule has 2 aliphatic rings. The number of carbonyl (C=O) groups is 2. The van der Waals surface area contributed by atoms with E-state index in [2.05, 4.69) is 31.4 Å². The molecule has 2 rings (SSSR count). The van der Waals surface area contributed by atoms with Crippen molar-refractivity contribution in [1.29, 1.82) is 0 Å². The predicted molar refractivity (Wildman–Crippen MR) is 287 cm³/mol. The van der Waals surface area contributed by atoms with Gasteiger partial charge in [0, 0.05) is 6.92 Å². The summed E-state index contributed by atoms with van der Waals surface area (Å²) in [7, 11) is 0. The van der Waals surface area contributed by atoms with Crippen LogP contribution in [0.15, 0.2) is 0 Å². The van der Waals surface area contributed by atoms with Gasteiger partial charge in [-0.1, -0.05) is 220 Å². The van der Waals surface area contributed by atoms with Crippen LogP contribution in [-0.2, 0) is 28.5 Å². The summed E-state index contributed by atoms with van der Waals surface area (Å²) in [5.41, 5.74) is 0. The number of nitrogens with one attached hydrogen (secondary N) is 2. The van der Waals surface area contributed by atoms with E-state index in [4.69, 9.17) is 18.9 Å². The number of amides is 2. The highest BCUT2D eigenvalue weighted by atomic mass is 16.7. The maximum Gasteiger partial charge on any atom is 0.249 e. The molecule has 0 aromatic heterocycles. The van der Waals surface area contributed by atoms with Gasteiger partial charge in [0.05, 0.1) is 32.0 Å². The molecule has 0 aromatic rings.